The van der Waals surface area contributed by atoms with E-state index in [4.69, 9.17) is 16.6 Å². The van der Waals surface area contributed by atoms with Gasteiger partial charge in [0.25, 0.3) is 0 Å². The van der Waals surface area contributed by atoms with Gasteiger partial charge in [0.2, 0.25) is 17.7 Å². The standard InChI is InChI=1S/C16H29N5O8S/c17-4-2-1-3-9(16(28)29)19-14(26)10(6-22)20-15(27)11(7-30)21-13(25)8(18)5-12(23)24/h8-11,22,30H,1-7,17-18H2,(H,19,26)(H,20,27)(H,21,25)(H,23,24)(H,28,29). The van der Waals surface area contributed by atoms with Gasteiger partial charge in [0.1, 0.15) is 18.1 Å². The SMILES string of the molecule is NCCCCC(NC(=O)C(CO)NC(=O)C(CS)NC(=O)C(N)CC(=O)O)C(=O)O. The minimum Gasteiger partial charge on any atom is -0.481 e. The van der Waals surface area contributed by atoms with Crippen LogP contribution in [0.4, 0.5) is 0 Å². The van der Waals surface area contributed by atoms with Gasteiger partial charge in [-0.1, -0.05) is 0 Å². The Labute approximate surface area is 178 Å². The molecule has 0 aromatic heterocycles. The molecule has 0 radical (unpaired) electrons. The van der Waals surface area contributed by atoms with Crippen LogP contribution in [0.5, 0.6) is 0 Å². The molecule has 14 heteroatoms. The summed E-state index contributed by atoms with van der Waals surface area (Å²) in [6.45, 7) is -0.471. The third-order valence-electron chi connectivity index (χ3n) is 3.92. The number of rotatable bonds is 15. The van der Waals surface area contributed by atoms with Crippen LogP contribution in [0.3, 0.4) is 0 Å². The second-order valence-electron chi connectivity index (χ2n) is 6.38. The zero-order chi connectivity index (χ0) is 23.3. The highest BCUT2D eigenvalue weighted by molar-refractivity contribution is 7.80. The molecule has 4 atom stereocenters. The number of carboxylic acid groups (broad SMARTS) is 2. The molecule has 0 bridgehead atoms. The lowest BCUT2D eigenvalue weighted by molar-refractivity contribution is -0.142. The number of unbranched alkanes of at least 4 members (excludes halogenated alkanes) is 1. The molecule has 0 aromatic rings. The van der Waals surface area contributed by atoms with Gasteiger partial charge in [0.05, 0.1) is 19.1 Å². The van der Waals surface area contributed by atoms with E-state index in [1.807, 2.05) is 0 Å². The van der Waals surface area contributed by atoms with Crippen molar-refractivity contribution in [1.29, 1.82) is 0 Å². The van der Waals surface area contributed by atoms with Gasteiger partial charge < -0.3 is 42.7 Å². The predicted octanol–water partition coefficient (Wildman–Crippen LogP) is -3.62. The van der Waals surface area contributed by atoms with Crippen molar-refractivity contribution in [2.45, 2.75) is 49.9 Å². The summed E-state index contributed by atoms with van der Waals surface area (Å²) in [5, 5.41) is 33.8. The van der Waals surface area contributed by atoms with Crippen LogP contribution >= 0.6 is 12.6 Å². The number of amides is 3. The molecule has 0 aliphatic carbocycles. The van der Waals surface area contributed by atoms with Crippen LogP contribution in [0.15, 0.2) is 0 Å². The molecule has 13 nitrogen and oxygen atoms in total. The highest BCUT2D eigenvalue weighted by Crippen LogP contribution is 2.02. The van der Waals surface area contributed by atoms with E-state index in [0.29, 0.717) is 19.4 Å². The second-order valence-corrected chi connectivity index (χ2v) is 6.74. The molecule has 0 saturated carbocycles. The number of carbonyl (C=O) groups excluding carboxylic acids is 3. The van der Waals surface area contributed by atoms with E-state index in [9.17, 15) is 34.2 Å². The maximum Gasteiger partial charge on any atom is 0.326 e. The van der Waals surface area contributed by atoms with Crippen molar-refractivity contribution in [2.24, 2.45) is 11.5 Å². The highest BCUT2D eigenvalue weighted by atomic mass is 32.1. The molecule has 10 N–H and O–H groups in total. The molecule has 172 valence electrons. The third-order valence-corrected chi connectivity index (χ3v) is 4.29. The molecule has 0 spiro atoms. The molecule has 0 heterocycles. The summed E-state index contributed by atoms with van der Waals surface area (Å²) in [6, 6.07) is -5.40. The summed E-state index contributed by atoms with van der Waals surface area (Å²) >= 11 is 3.92. The number of hydrogen-bond donors (Lipinski definition) is 9. The fourth-order valence-corrected chi connectivity index (χ4v) is 2.50. The quantitative estimate of drug-likeness (QED) is 0.0875. The van der Waals surface area contributed by atoms with Gasteiger partial charge >= 0.3 is 11.9 Å². The Morgan fingerprint density at radius 3 is 1.87 bits per heavy atom. The molecule has 30 heavy (non-hydrogen) atoms. The number of nitrogens with one attached hydrogen (secondary N) is 3. The first kappa shape index (κ1) is 27.6. The van der Waals surface area contributed by atoms with Gasteiger partial charge in [-0.25, -0.2) is 4.79 Å². The van der Waals surface area contributed by atoms with Crippen molar-refractivity contribution in [1.82, 2.24) is 16.0 Å². The number of thiol groups is 1. The molecule has 0 rings (SSSR count). The summed E-state index contributed by atoms with van der Waals surface area (Å²) < 4.78 is 0. The van der Waals surface area contributed by atoms with E-state index in [0.717, 1.165) is 0 Å². The minimum atomic E-state index is -1.49. The maximum atomic E-state index is 12.3. The first-order chi connectivity index (χ1) is 14.1. The van der Waals surface area contributed by atoms with E-state index < -0.39 is 66.9 Å². The normalized spacial score (nSPS) is 14.7. The predicted molar refractivity (Wildman–Crippen MR) is 108 cm³/mol. The summed E-state index contributed by atoms with van der Waals surface area (Å²) in [4.78, 5) is 58.3. The smallest absolute Gasteiger partial charge is 0.326 e. The number of carbonyl (C=O) groups is 5. The van der Waals surface area contributed by atoms with Crippen LogP contribution in [0, 0.1) is 0 Å². The average Bonchev–Trinajstić information content (AvgIpc) is 2.68. The topological polar surface area (TPSA) is 234 Å². The zero-order valence-electron chi connectivity index (χ0n) is 16.2. The van der Waals surface area contributed by atoms with E-state index in [1.165, 1.54) is 0 Å². The van der Waals surface area contributed by atoms with Crippen LogP contribution in [-0.4, -0.2) is 88.1 Å². The van der Waals surface area contributed by atoms with Crippen molar-refractivity contribution in [3.8, 4) is 0 Å². The van der Waals surface area contributed by atoms with Crippen molar-refractivity contribution in [3.05, 3.63) is 0 Å². The molecule has 3 amide bonds. The first-order valence-electron chi connectivity index (χ1n) is 9.10. The van der Waals surface area contributed by atoms with E-state index in [-0.39, 0.29) is 12.2 Å². The fraction of sp³-hybridized carbons (Fsp3) is 0.688. The van der Waals surface area contributed by atoms with E-state index in [2.05, 4.69) is 28.6 Å². The number of aliphatic carboxylic acids is 2. The van der Waals surface area contributed by atoms with Crippen molar-refractivity contribution < 1.29 is 39.3 Å². The van der Waals surface area contributed by atoms with Gasteiger partial charge in [0.15, 0.2) is 0 Å². The Hall–Kier alpha value is -2.42. The molecule has 0 aliphatic heterocycles. The molecule has 0 fully saturated rings. The van der Waals surface area contributed by atoms with Crippen molar-refractivity contribution in [2.75, 3.05) is 18.9 Å². The molecule has 0 saturated heterocycles. The molecule has 0 aromatic carbocycles. The second kappa shape index (κ2) is 14.5. The van der Waals surface area contributed by atoms with Gasteiger partial charge in [0, 0.05) is 5.75 Å². The summed E-state index contributed by atoms with van der Waals surface area (Å²) in [7, 11) is 0. The fourth-order valence-electron chi connectivity index (χ4n) is 2.24. The monoisotopic (exact) mass is 451 g/mol. The lowest BCUT2D eigenvalue weighted by atomic mass is 10.1. The van der Waals surface area contributed by atoms with Gasteiger partial charge in [-0.15, -0.1) is 0 Å². The number of hydrogen-bond acceptors (Lipinski definition) is 9. The number of carboxylic acids is 2. The molecular formula is C16H29N5O8S. The molecular weight excluding hydrogens is 422 g/mol. The average molecular weight is 452 g/mol. The van der Waals surface area contributed by atoms with Crippen LogP contribution in [0.2, 0.25) is 0 Å². The van der Waals surface area contributed by atoms with Gasteiger partial charge in [-0.2, -0.15) is 12.6 Å². The summed E-state index contributed by atoms with van der Waals surface area (Å²) in [5.41, 5.74) is 10.8. The summed E-state index contributed by atoms with van der Waals surface area (Å²) in [5.74, 6) is -5.55. The van der Waals surface area contributed by atoms with Crippen molar-refractivity contribution in [3.63, 3.8) is 0 Å². The van der Waals surface area contributed by atoms with Crippen LogP contribution in [-0.2, 0) is 24.0 Å². The Morgan fingerprint density at radius 2 is 1.40 bits per heavy atom. The van der Waals surface area contributed by atoms with Crippen LogP contribution < -0.4 is 27.4 Å². The molecule has 4 unspecified atom stereocenters. The lowest BCUT2D eigenvalue weighted by Crippen LogP contribution is -2.58. The zero-order valence-corrected chi connectivity index (χ0v) is 17.1. The van der Waals surface area contributed by atoms with Crippen molar-refractivity contribution >= 4 is 42.3 Å². The van der Waals surface area contributed by atoms with Gasteiger partial charge in [-0.3, -0.25) is 19.2 Å². The maximum absolute atomic E-state index is 12.3. The van der Waals surface area contributed by atoms with Gasteiger partial charge in [-0.05, 0) is 25.8 Å². The number of nitrogens with two attached hydrogens (primary N) is 2. The number of aliphatic hydroxyl groups is 1. The van der Waals surface area contributed by atoms with Crippen LogP contribution in [0.1, 0.15) is 25.7 Å². The first-order valence-corrected chi connectivity index (χ1v) is 9.73. The lowest BCUT2D eigenvalue weighted by Gasteiger charge is -2.23. The summed E-state index contributed by atoms with van der Waals surface area (Å²) in [6.07, 6.45) is 0.470. The largest absolute Gasteiger partial charge is 0.481 e. The Balaban J connectivity index is 4.94. The van der Waals surface area contributed by atoms with E-state index >= 15 is 0 Å². The number of aliphatic hydroxyl groups excluding tert-OH is 1. The minimum absolute atomic E-state index is 0.112. The molecule has 0 aliphatic rings. The third kappa shape index (κ3) is 10.4. The van der Waals surface area contributed by atoms with Crippen LogP contribution in [0.25, 0.3) is 0 Å². The Kier molecular flexibility index (Phi) is 13.4. The Bertz CT molecular complexity index is 620. The van der Waals surface area contributed by atoms with E-state index in [1.54, 1.807) is 0 Å². The Morgan fingerprint density at radius 1 is 0.867 bits per heavy atom. The highest BCUT2D eigenvalue weighted by Gasteiger charge is 2.29.